The van der Waals surface area contributed by atoms with Crippen LogP contribution in [0.3, 0.4) is 0 Å². The van der Waals surface area contributed by atoms with E-state index in [2.05, 4.69) is 26.6 Å². The van der Waals surface area contributed by atoms with Gasteiger partial charge < -0.3 is 15.7 Å². The predicted octanol–water partition coefficient (Wildman–Crippen LogP) is 5.47. The molecule has 0 unspecified atom stereocenters. The fourth-order valence-electron chi connectivity index (χ4n) is 2.29. The summed E-state index contributed by atoms with van der Waals surface area (Å²) in [6.45, 7) is 0. The highest BCUT2D eigenvalue weighted by atomic mass is 79.9. The van der Waals surface area contributed by atoms with Crippen molar-refractivity contribution in [1.29, 1.82) is 0 Å². The van der Waals surface area contributed by atoms with Crippen LogP contribution in [0.1, 0.15) is 0 Å². The molecule has 3 aromatic carbocycles. The van der Waals surface area contributed by atoms with Crippen molar-refractivity contribution < 1.29 is 9.90 Å². The number of rotatable bonds is 3. The van der Waals surface area contributed by atoms with E-state index in [-0.39, 0.29) is 5.75 Å². The van der Waals surface area contributed by atoms with Crippen LogP contribution >= 0.6 is 15.9 Å². The third-order valence-electron chi connectivity index (χ3n) is 3.48. The number of aromatic hydroxyl groups is 1. The lowest BCUT2D eigenvalue weighted by molar-refractivity contribution is 0.262. The molecule has 0 bridgehead atoms. The Hall–Kier alpha value is -2.79. The molecule has 2 amide bonds. The van der Waals surface area contributed by atoms with Gasteiger partial charge in [0.05, 0.1) is 11.4 Å². The van der Waals surface area contributed by atoms with E-state index < -0.39 is 6.03 Å². The van der Waals surface area contributed by atoms with Gasteiger partial charge in [-0.2, -0.15) is 0 Å². The third-order valence-corrected chi connectivity index (χ3v) is 4.17. The van der Waals surface area contributed by atoms with Gasteiger partial charge in [-0.3, -0.25) is 0 Å². The number of amides is 2. The van der Waals surface area contributed by atoms with E-state index >= 15 is 0 Å². The second-order valence-electron chi connectivity index (χ2n) is 5.16. The summed E-state index contributed by atoms with van der Waals surface area (Å²) in [5.74, 6) is 0.0126. The first kappa shape index (κ1) is 16.1. The topological polar surface area (TPSA) is 61.4 Å². The summed E-state index contributed by atoms with van der Waals surface area (Å²) in [7, 11) is 0. The van der Waals surface area contributed by atoms with Crippen molar-refractivity contribution in [2.75, 3.05) is 10.6 Å². The molecule has 4 nitrogen and oxygen atoms in total. The summed E-state index contributed by atoms with van der Waals surface area (Å²) >= 11 is 3.37. The number of phenols is 1. The van der Waals surface area contributed by atoms with E-state index in [9.17, 15) is 9.90 Å². The predicted molar refractivity (Wildman–Crippen MR) is 100 cm³/mol. The van der Waals surface area contributed by atoms with E-state index in [1.54, 1.807) is 18.2 Å². The molecule has 3 rings (SSSR count). The molecule has 0 radical (unpaired) electrons. The highest BCUT2D eigenvalue weighted by Crippen LogP contribution is 2.30. The van der Waals surface area contributed by atoms with E-state index in [4.69, 9.17) is 0 Å². The van der Waals surface area contributed by atoms with Crippen molar-refractivity contribution in [1.82, 2.24) is 0 Å². The lowest BCUT2D eigenvalue weighted by Crippen LogP contribution is -2.19. The fraction of sp³-hybridized carbons (Fsp3) is 0. The number of anilines is 2. The van der Waals surface area contributed by atoms with E-state index in [0.717, 1.165) is 15.6 Å². The number of carbonyl (C=O) groups is 1. The molecule has 0 aliphatic heterocycles. The Morgan fingerprint density at radius 3 is 2.17 bits per heavy atom. The minimum absolute atomic E-state index is 0.0126. The van der Waals surface area contributed by atoms with Crippen molar-refractivity contribution >= 4 is 33.3 Å². The van der Waals surface area contributed by atoms with Crippen LogP contribution in [0.5, 0.6) is 5.75 Å². The lowest BCUT2D eigenvalue weighted by atomic mass is 10.1. The Labute approximate surface area is 148 Å². The van der Waals surface area contributed by atoms with Crippen LogP contribution in [0.25, 0.3) is 11.1 Å². The molecule has 3 aromatic rings. The molecule has 0 aliphatic carbocycles. The quantitative estimate of drug-likeness (QED) is 0.526. The smallest absolute Gasteiger partial charge is 0.323 e. The number of phenolic OH excluding ortho intramolecular Hbond substituents is 1. The molecule has 0 saturated carbocycles. The van der Waals surface area contributed by atoms with Crippen molar-refractivity contribution in [2.24, 2.45) is 0 Å². The maximum atomic E-state index is 12.1. The average Bonchev–Trinajstić information content (AvgIpc) is 2.59. The molecule has 24 heavy (non-hydrogen) atoms. The number of halogens is 1. The van der Waals surface area contributed by atoms with Crippen molar-refractivity contribution in [3.63, 3.8) is 0 Å². The zero-order valence-electron chi connectivity index (χ0n) is 12.7. The van der Waals surface area contributed by atoms with Crippen LogP contribution in [-0.2, 0) is 0 Å². The molecule has 0 atom stereocenters. The van der Waals surface area contributed by atoms with E-state index in [1.165, 1.54) is 0 Å². The van der Waals surface area contributed by atoms with Crippen LogP contribution in [0.15, 0.2) is 77.3 Å². The molecule has 3 N–H and O–H groups in total. The zero-order chi connectivity index (χ0) is 16.9. The normalized spacial score (nSPS) is 10.2. The van der Waals surface area contributed by atoms with Crippen LogP contribution in [0, 0.1) is 0 Å². The second kappa shape index (κ2) is 7.19. The molecule has 0 aliphatic rings. The Kier molecular flexibility index (Phi) is 4.82. The Morgan fingerprint density at radius 1 is 0.792 bits per heavy atom. The molecule has 0 fully saturated rings. The van der Waals surface area contributed by atoms with E-state index in [0.29, 0.717) is 11.4 Å². The van der Waals surface area contributed by atoms with Crippen molar-refractivity contribution in [3.8, 4) is 16.9 Å². The zero-order valence-corrected chi connectivity index (χ0v) is 14.2. The van der Waals surface area contributed by atoms with Gasteiger partial charge in [-0.1, -0.05) is 48.5 Å². The number of urea groups is 1. The number of nitrogens with one attached hydrogen (secondary N) is 2. The molecule has 0 spiro atoms. The van der Waals surface area contributed by atoms with E-state index in [1.807, 2.05) is 54.6 Å². The summed E-state index contributed by atoms with van der Waals surface area (Å²) in [6.07, 6.45) is 0. The van der Waals surface area contributed by atoms with Crippen LogP contribution in [0.4, 0.5) is 16.2 Å². The Balaban J connectivity index is 1.74. The van der Waals surface area contributed by atoms with Crippen LogP contribution < -0.4 is 10.6 Å². The molecule has 0 aromatic heterocycles. The van der Waals surface area contributed by atoms with Crippen LogP contribution in [0.2, 0.25) is 0 Å². The lowest BCUT2D eigenvalue weighted by Gasteiger charge is -2.11. The highest BCUT2D eigenvalue weighted by Gasteiger charge is 2.09. The van der Waals surface area contributed by atoms with Gasteiger partial charge in [0.25, 0.3) is 0 Å². The van der Waals surface area contributed by atoms with Gasteiger partial charge >= 0.3 is 6.03 Å². The number of carbonyl (C=O) groups excluding carboxylic acids is 1. The maximum Gasteiger partial charge on any atom is 0.323 e. The SMILES string of the molecule is O=C(Nc1ccc(-c2ccccc2)cc1O)Nc1ccccc1Br. The summed E-state index contributed by atoms with van der Waals surface area (Å²) < 4.78 is 0.781. The fourth-order valence-corrected chi connectivity index (χ4v) is 2.67. The van der Waals surface area contributed by atoms with Gasteiger partial charge in [-0.25, -0.2) is 4.79 Å². The Morgan fingerprint density at radius 2 is 1.46 bits per heavy atom. The number of hydrogen-bond acceptors (Lipinski definition) is 2. The standard InChI is InChI=1S/C19H15BrN2O2/c20-15-8-4-5-9-16(15)21-19(24)22-17-11-10-14(12-18(17)23)13-6-2-1-3-7-13/h1-12,23H,(H2,21,22,24). The first-order chi connectivity index (χ1) is 11.6. The average molecular weight is 383 g/mol. The highest BCUT2D eigenvalue weighted by molar-refractivity contribution is 9.10. The van der Waals surface area contributed by atoms with Gasteiger partial charge in [0.1, 0.15) is 5.75 Å². The molecule has 0 heterocycles. The number of hydrogen-bond donors (Lipinski definition) is 3. The maximum absolute atomic E-state index is 12.1. The molecule has 120 valence electrons. The van der Waals surface area contributed by atoms with Gasteiger partial charge in [0.2, 0.25) is 0 Å². The van der Waals surface area contributed by atoms with Gasteiger partial charge in [0.15, 0.2) is 0 Å². The minimum Gasteiger partial charge on any atom is -0.506 e. The first-order valence-electron chi connectivity index (χ1n) is 7.34. The number of benzene rings is 3. The monoisotopic (exact) mass is 382 g/mol. The molecule has 5 heteroatoms. The van der Waals surface area contributed by atoms with Gasteiger partial charge in [0, 0.05) is 4.47 Å². The minimum atomic E-state index is -0.426. The summed E-state index contributed by atoms with van der Waals surface area (Å²) in [6, 6.07) is 21.8. The summed E-state index contributed by atoms with van der Waals surface area (Å²) in [4.78, 5) is 12.1. The van der Waals surface area contributed by atoms with Crippen molar-refractivity contribution in [2.45, 2.75) is 0 Å². The van der Waals surface area contributed by atoms with Gasteiger partial charge in [-0.05, 0) is 51.3 Å². The van der Waals surface area contributed by atoms with Crippen molar-refractivity contribution in [3.05, 3.63) is 77.3 Å². The third kappa shape index (κ3) is 3.75. The molecular formula is C19H15BrN2O2. The Bertz CT molecular complexity index is 866. The largest absolute Gasteiger partial charge is 0.506 e. The molecular weight excluding hydrogens is 368 g/mol. The van der Waals surface area contributed by atoms with Gasteiger partial charge in [-0.15, -0.1) is 0 Å². The van der Waals surface area contributed by atoms with Crippen LogP contribution in [-0.4, -0.2) is 11.1 Å². The molecule has 0 saturated heterocycles. The number of para-hydroxylation sites is 1. The first-order valence-corrected chi connectivity index (χ1v) is 8.14. The second-order valence-corrected chi connectivity index (χ2v) is 6.01. The summed E-state index contributed by atoms with van der Waals surface area (Å²) in [5.41, 5.74) is 2.87. The summed E-state index contributed by atoms with van der Waals surface area (Å²) in [5, 5.41) is 15.5.